The highest BCUT2D eigenvalue weighted by Crippen LogP contribution is 2.23. The van der Waals surface area contributed by atoms with E-state index in [1.165, 1.54) is 11.3 Å². The number of nitrogens with one attached hydrogen (secondary N) is 2. The highest BCUT2D eigenvalue weighted by atomic mass is 32.1. The zero-order valence-corrected chi connectivity index (χ0v) is 13.0. The molecule has 0 spiro atoms. The van der Waals surface area contributed by atoms with Gasteiger partial charge in [0.25, 0.3) is 5.91 Å². The average Bonchev–Trinajstić information content (AvgIpc) is 3.01. The van der Waals surface area contributed by atoms with Crippen molar-refractivity contribution in [3.05, 3.63) is 53.0 Å². The van der Waals surface area contributed by atoms with Gasteiger partial charge in [-0.25, -0.2) is 9.97 Å². The monoisotopic (exact) mass is 312 g/mol. The number of aromatic nitrogens is 2. The topological polar surface area (TPSA) is 66.9 Å². The Kier molecular flexibility index (Phi) is 4.29. The van der Waals surface area contributed by atoms with Crippen LogP contribution in [0.5, 0.6) is 0 Å². The van der Waals surface area contributed by atoms with Gasteiger partial charge >= 0.3 is 0 Å². The van der Waals surface area contributed by atoms with Gasteiger partial charge in [-0.1, -0.05) is 30.3 Å². The number of hydrogen-bond acceptors (Lipinski definition) is 5. The molecule has 0 saturated carbocycles. The molecule has 2 heterocycles. The molecule has 3 rings (SSSR count). The summed E-state index contributed by atoms with van der Waals surface area (Å²) < 4.78 is 0.816. The van der Waals surface area contributed by atoms with Crippen LogP contribution in [0.1, 0.15) is 23.0 Å². The maximum atomic E-state index is 12.2. The predicted octanol–water partition coefficient (Wildman–Crippen LogP) is 3.05. The number of rotatable bonds is 5. The summed E-state index contributed by atoms with van der Waals surface area (Å²) in [6.07, 6.45) is 0. The molecule has 0 unspecified atom stereocenters. The minimum absolute atomic E-state index is 0.167. The third-order valence-corrected chi connectivity index (χ3v) is 4.06. The summed E-state index contributed by atoms with van der Waals surface area (Å²) in [7, 11) is 0. The zero-order valence-electron chi connectivity index (χ0n) is 12.2. The fraction of sp³-hybridized carbons (Fsp3) is 0.188. The molecular weight excluding hydrogens is 296 g/mol. The number of benzene rings is 1. The van der Waals surface area contributed by atoms with Gasteiger partial charge in [0.2, 0.25) is 5.95 Å². The Morgan fingerprint density at radius 2 is 2.00 bits per heavy atom. The van der Waals surface area contributed by atoms with Crippen molar-refractivity contribution in [3.63, 3.8) is 0 Å². The van der Waals surface area contributed by atoms with Gasteiger partial charge in [0.15, 0.2) is 5.69 Å². The highest BCUT2D eigenvalue weighted by Gasteiger charge is 2.15. The minimum Gasteiger partial charge on any atom is -0.351 e. The van der Waals surface area contributed by atoms with Crippen molar-refractivity contribution in [2.75, 3.05) is 11.9 Å². The van der Waals surface area contributed by atoms with Gasteiger partial charge in [-0.05, 0) is 23.9 Å². The first-order valence-corrected chi connectivity index (χ1v) is 7.97. The van der Waals surface area contributed by atoms with Crippen molar-refractivity contribution in [1.29, 1.82) is 0 Å². The molecule has 0 radical (unpaired) electrons. The average molecular weight is 312 g/mol. The molecule has 22 heavy (non-hydrogen) atoms. The van der Waals surface area contributed by atoms with Crippen molar-refractivity contribution >= 4 is 33.4 Å². The Balaban J connectivity index is 1.88. The van der Waals surface area contributed by atoms with Crippen LogP contribution in [-0.2, 0) is 6.54 Å². The third-order valence-electron chi connectivity index (χ3n) is 3.15. The molecule has 0 bridgehead atoms. The van der Waals surface area contributed by atoms with Crippen LogP contribution in [0.4, 0.5) is 5.95 Å². The molecular formula is C16H16N4OS. The Bertz CT molecular complexity index is 785. The van der Waals surface area contributed by atoms with Crippen molar-refractivity contribution < 1.29 is 4.79 Å². The van der Waals surface area contributed by atoms with Gasteiger partial charge in [-0.15, -0.1) is 11.3 Å². The fourth-order valence-corrected chi connectivity index (χ4v) is 2.94. The quantitative estimate of drug-likeness (QED) is 0.760. The second-order valence-electron chi connectivity index (χ2n) is 4.73. The molecule has 3 aromatic rings. The molecule has 0 aliphatic carbocycles. The standard InChI is InChI=1S/C16H16N4OS/c1-2-17-15(21)13-14-12(8-9-22-14)19-16(20-13)18-10-11-6-4-3-5-7-11/h3-9H,2,10H2,1H3,(H,17,21)(H,18,19,20). The maximum absolute atomic E-state index is 12.2. The lowest BCUT2D eigenvalue weighted by atomic mass is 10.2. The van der Waals surface area contributed by atoms with Gasteiger partial charge in [-0.3, -0.25) is 4.79 Å². The van der Waals surface area contributed by atoms with Crippen molar-refractivity contribution in [2.45, 2.75) is 13.5 Å². The molecule has 5 nitrogen and oxygen atoms in total. The van der Waals surface area contributed by atoms with E-state index >= 15 is 0 Å². The van der Waals surface area contributed by atoms with Crippen LogP contribution in [0.15, 0.2) is 41.8 Å². The van der Waals surface area contributed by atoms with Gasteiger partial charge < -0.3 is 10.6 Å². The molecule has 6 heteroatoms. The largest absolute Gasteiger partial charge is 0.351 e. The molecule has 0 fully saturated rings. The second kappa shape index (κ2) is 6.53. The summed E-state index contributed by atoms with van der Waals surface area (Å²) >= 11 is 1.48. The second-order valence-corrected chi connectivity index (χ2v) is 5.65. The molecule has 2 aromatic heterocycles. The lowest BCUT2D eigenvalue weighted by Gasteiger charge is -2.08. The first kappa shape index (κ1) is 14.5. The van der Waals surface area contributed by atoms with Gasteiger partial charge in [-0.2, -0.15) is 0 Å². The van der Waals surface area contributed by atoms with Crippen molar-refractivity contribution in [3.8, 4) is 0 Å². The number of anilines is 1. The van der Waals surface area contributed by atoms with Crippen LogP contribution in [0.2, 0.25) is 0 Å². The summed E-state index contributed by atoms with van der Waals surface area (Å²) in [6.45, 7) is 3.08. The number of hydrogen-bond donors (Lipinski definition) is 2. The summed E-state index contributed by atoms with van der Waals surface area (Å²) in [5.41, 5.74) is 2.35. The highest BCUT2D eigenvalue weighted by molar-refractivity contribution is 7.17. The van der Waals surface area contributed by atoms with Crippen LogP contribution in [-0.4, -0.2) is 22.4 Å². The van der Waals surface area contributed by atoms with E-state index in [-0.39, 0.29) is 5.91 Å². The van der Waals surface area contributed by atoms with Crippen LogP contribution in [0, 0.1) is 0 Å². The number of fused-ring (bicyclic) bond motifs is 1. The van der Waals surface area contributed by atoms with Crippen LogP contribution >= 0.6 is 11.3 Å². The van der Waals surface area contributed by atoms with E-state index < -0.39 is 0 Å². The molecule has 0 aliphatic heterocycles. The SMILES string of the molecule is CCNC(=O)c1nc(NCc2ccccc2)nc2ccsc12. The summed E-state index contributed by atoms with van der Waals surface area (Å²) in [6, 6.07) is 11.9. The number of carbonyl (C=O) groups is 1. The minimum atomic E-state index is -0.167. The van der Waals surface area contributed by atoms with Crippen molar-refractivity contribution in [1.82, 2.24) is 15.3 Å². The van der Waals surface area contributed by atoms with E-state index in [2.05, 4.69) is 20.6 Å². The summed E-state index contributed by atoms with van der Waals surface area (Å²) in [5, 5.41) is 7.90. The van der Waals surface area contributed by atoms with Gasteiger partial charge in [0.05, 0.1) is 10.2 Å². The molecule has 1 aromatic carbocycles. The van der Waals surface area contributed by atoms with E-state index in [1.807, 2.05) is 48.7 Å². The van der Waals surface area contributed by atoms with E-state index in [1.54, 1.807) is 0 Å². The van der Waals surface area contributed by atoms with E-state index in [4.69, 9.17) is 0 Å². The van der Waals surface area contributed by atoms with Crippen LogP contribution in [0.3, 0.4) is 0 Å². The zero-order chi connectivity index (χ0) is 15.4. The third kappa shape index (κ3) is 3.07. The summed E-state index contributed by atoms with van der Waals surface area (Å²) in [5.74, 6) is 0.302. The Hall–Kier alpha value is -2.47. The maximum Gasteiger partial charge on any atom is 0.271 e. The molecule has 0 aliphatic rings. The van der Waals surface area contributed by atoms with Gasteiger partial charge in [0.1, 0.15) is 0 Å². The number of amides is 1. The smallest absolute Gasteiger partial charge is 0.271 e. The van der Waals surface area contributed by atoms with Crippen LogP contribution in [0.25, 0.3) is 10.2 Å². The van der Waals surface area contributed by atoms with E-state index in [0.29, 0.717) is 24.7 Å². The number of nitrogens with zero attached hydrogens (tertiary/aromatic N) is 2. The molecule has 2 N–H and O–H groups in total. The van der Waals surface area contributed by atoms with Crippen molar-refractivity contribution in [2.24, 2.45) is 0 Å². The normalized spacial score (nSPS) is 10.6. The Morgan fingerprint density at radius 3 is 2.77 bits per heavy atom. The van der Waals surface area contributed by atoms with Gasteiger partial charge in [0, 0.05) is 13.1 Å². The fourth-order valence-electron chi connectivity index (χ4n) is 2.12. The molecule has 112 valence electrons. The number of thiophene rings is 1. The predicted molar refractivity (Wildman–Crippen MR) is 89.2 cm³/mol. The number of carbonyl (C=O) groups excluding carboxylic acids is 1. The Labute approximate surface area is 132 Å². The van der Waals surface area contributed by atoms with E-state index in [0.717, 1.165) is 15.8 Å². The van der Waals surface area contributed by atoms with Crippen LogP contribution < -0.4 is 10.6 Å². The summed E-state index contributed by atoms with van der Waals surface area (Å²) in [4.78, 5) is 21.0. The van der Waals surface area contributed by atoms with E-state index in [9.17, 15) is 4.79 Å². The molecule has 0 saturated heterocycles. The first-order valence-electron chi connectivity index (χ1n) is 7.09. The molecule has 1 amide bonds. The molecule has 0 atom stereocenters. The lowest BCUT2D eigenvalue weighted by molar-refractivity contribution is 0.0953. The first-order chi connectivity index (χ1) is 10.8. The Morgan fingerprint density at radius 1 is 1.18 bits per heavy atom. The lowest BCUT2D eigenvalue weighted by Crippen LogP contribution is -2.24.